The predicted octanol–water partition coefficient (Wildman–Crippen LogP) is 2.82. The highest BCUT2D eigenvalue weighted by Gasteiger charge is 2.18. The summed E-state index contributed by atoms with van der Waals surface area (Å²) in [7, 11) is 0. The molecule has 28 heavy (non-hydrogen) atoms. The number of carbonyl (C=O) groups is 2. The summed E-state index contributed by atoms with van der Waals surface area (Å²) in [6.07, 6.45) is 6.13. The first-order valence-corrected chi connectivity index (χ1v) is 10.5. The van der Waals surface area contributed by atoms with Gasteiger partial charge in [-0.05, 0) is 36.3 Å². The van der Waals surface area contributed by atoms with Crippen molar-refractivity contribution in [2.75, 3.05) is 6.54 Å². The van der Waals surface area contributed by atoms with Crippen molar-refractivity contribution in [2.24, 2.45) is 5.73 Å². The molecular formula is C22H29N3O2S. The third-order valence-corrected chi connectivity index (χ3v) is 5.18. The summed E-state index contributed by atoms with van der Waals surface area (Å²) in [5.41, 5.74) is 7.27. The predicted molar refractivity (Wildman–Crippen MR) is 115 cm³/mol. The van der Waals surface area contributed by atoms with Crippen molar-refractivity contribution in [1.82, 2.24) is 10.6 Å². The summed E-state index contributed by atoms with van der Waals surface area (Å²) in [5.74, 6) is -0.353. The largest absolute Gasteiger partial charge is 0.353 e. The van der Waals surface area contributed by atoms with Crippen LogP contribution in [0.2, 0.25) is 0 Å². The molecule has 1 heterocycles. The fraction of sp³-hybridized carbons (Fsp3) is 0.364. The van der Waals surface area contributed by atoms with Gasteiger partial charge in [-0.1, -0.05) is 49.4 Å². The highest BCUT2D eigenvalue weighted by molar-refractivity contribution is 7.09. The fourth-order valence-corrected chi connectivity index (χ4v) is 3.49. The Kier molecular flexibility index (Phi) is 9.45. The third-order valence-electron chi connectivity index (χ3n) is 4.28. The summed E-state index contributed by atoms with van der Waals surface area (Å²) < 4.78 is 0. The molecular weight excluding hydrogens is 370 g/mol. The van der Waals surface area contributed by atoms with Crippen LogP contribution in [0.1, 0.15) is 30.2 Å². The van der Waals surface area contributed by atoms with Crippen molar-refractivity contribution < 1.29 is 9.59 Å². The lowest BCUT2D eigenvalue weighted by molar-refractivity contribution is -0.123. The molecule has 0 aliphatic heterocycles. The molecule has 2 rings (SSSR count). The van der Waals surface area contributed by atoms with E-state index in [-0.39, 0.29) is 17.9 Å². The van der Waals surface area contributed by atoms with Crippen LogP contribution in [0.15, 0.2) is 60.0 Å². The van der Waals surface area contributed by atoms with Gasteiger partial charge >= 0.3 is 0 Å². The van der Waals surface area contributed by atoms with Crippen molar-refractivity contribution in [3.05, 3.63) is 70.4 Å². The standard InChI is InChI=1S/C22H29N3O2S/c1-2-14-24-21(26)13-12-18(11-10-17-7-4-3-5-8-17)25-22(27)20(23)16-19-9-6-15-28-19/h3-9,12-13,15,18,20H,2,10-11,14,16,23H2,1H3,(H,24,26)(H,25,27)/t18-,20-/m0/s1. The molecule has 0 saturated heterocycles. The van der Waals surface area contributed by atoms with Crippen LogP contribution < -0.4 is 16.4 Å². The van der Waals surface area contributed by atoms with Gasteiger partial charge < -0.3 is 16.4 Å². The van der Waals surface area contributed by atoms with Gasteiger partial charge in [0, 0.05) is 30.0 Å². The number of nitrogens with one attached hydrogen (secondary N) is 2. The molecule has 2 aromatic rings. The second kappa shape index (κ2) is 12.1. The van der Waals surface area contributed by atoms with Crippen molar-refractivity contribution in [3.63, 3.8) is 0 Å². The maximum Gasteiger partial charge on any atom is 0.243 e. The fourth-order valence-electron chi connectivity index (χ4n) is 2.72. The molecule has 0 fully saturated rings. The van der Waals surface area contributed by atoms with Crippen molar-refractivity contribution in [2.45, 2.75) is 44.7 Å². The van der Waals surface area contributed by atoms with E-state index in [1.807, 2.05) is 42.6 Å². The minimum atomic E-state index is -0.611. The van der Waals surface area contributed by atoms with Crippen LogP contribution >= 0.6 is 11.3 Å². The summed E-state index contributed by atoms with van der Waals surface area (Å²) >= 11 is 1.59. The lowest BCUT2D eigenvalue weighted by Crippen LogP contribution is -2.46. The molecule has 5 nitrogen and oxygen atoms in total. The Balaban J connectivity index is 1.96. The van der Waals surface area contributed by atoms with Crippen LogP contribution in [0.25, 0.3) is 0 Å². The van der Waals surface area contributed by atoms with Crippen LogP contribution in [-0.2, 0) is 22.4 Å². The molecule has 0 unspecified atom stereocenters. The lowest BCUT2D eigenvalue weighted by atomic mass is 10.0. The van der Waals surface area contributed by atoms with Gasteiger partial charge in [0.15, 0.2) is 0 Å². The summed E-state index contributed by atoms with van der Waals surface area (Å²) in [5, 5.41) is 7.76. The zero-order valence-corrected chi connectivity index (χ0v) is 17.1. The minimum absolute atomic E-state index is 0.149. The highest BCUT2D eigenvalue weighted by atomic mass is 32.1. The molecule has 0 radical (unpaired) electrons. The molecule has 0 saturated carbocycles. The number of aryl methyl sites for hydroxylation is 1. The number of hydrogen-bond donors (Lipinski definition) is 3. The first kappa shape index (κ1) is 21.9. The van der Waals surface area contributed by atoms with E-state index in [9.17, 15) is 9.59 Å². The molecule has 4 N–H and O–H groups in total. The number of hydrogen-bond acceptors (Lipinski definition) is 4. The quantitative estimate of drug-likeness (QED) is 0.508. The maximum atomic E-state index is 12.5. The first-order chi connectivity index (χ1) is 13.6. The Bertz CT molecular complexity index is 744. The second-order valence-electron chi connectivity index (χ2n) is 6.68. The molecule has 0 aliphatic carbocycles. The summed E-state index contributed by atoms with van der Waals surface area (Å²) in [4.78, 5) is 25.5. The van der Waals surface area contributed by atoms with Gasteiger partial charge in [0.05, 0.1) is 6.04 Å². The summed E-state index contributed by atoms with van der Waals surface area (Å²) in [6, 6.07) is 13.1. The number of carbonyl (C=O) groups excluding carboxylic acids is 2. The molecule has 0 bridgehead atoms. The van der Waals surface area contributed by atoms with E-state index in [1.54, 1.807) is 17.4 Å². The average molecular weight is 400 g/mol. The van der Waals surface area contributed by atoms with Crippen LogP contribution in [0.4, 0.5) is 0 Å². The molecule has 1 aromatic heterocycles. The van der Waals surface area contributed by atoms with Gasteiger partial charge in [0.25, 0.3) is 0 Å². The van der Waals surface area contributed by atoms with Crippen LogP contribution in [0, 0.1) is 0 Å². The van der Waals surface area contributed by atoms with Crippen molar-refractivity contribution in [3.8, 4) is 0 Å². The van der Waals surface area contributed by atoms with E-state index in [1.165, 1.54) is 11.6 Å². The van der Waals surface area contributed by atoms with Gasteiger partial charge in [-0.15, -0.1) is 11.3 Å². The van der Waals surface area contributed by atoms with Crippen LogP contribution in [0.5, 0.6) is 0 Å². The Morgan fingerprint density at radius 3 is 2.64 bits per heavy atom. The van der Waals surface area contributed by atoms with Crippen molar-refractivity contribution >= 4 is 23.2 Å². The van der Waals surface area contributed by atoms with E-state index >= 15 is 0 Å². The Hall–Kier alpha value is -2.44. The topological polar surface area (TPSA) is 84.2 Å². The van der Waals surface area contributed by atoms with E-state index in [4.69, 9.17) is 5.73 Å². The highest BCUT2D eigenvalue weighted by Crippen LogP contribution is 2.11. The van der Waals surface area contributed by atoms with E-state index < -0.39 is 6.04 Å². The van der Waals surface area contributed by atoms with Crippen LogP contribution in [-0.4, -0.2) is 30.4 Å². The smallest absolute Gasteiger partial charge is 0.243 e. The van der Waals surface area contributed by atoms with Gasteiger partial charge in [-0.25, -0.2) is 0 Å². The molecule has 0 aliphatic rings. The minimum Gasteiger partial charge on any atom is -0.353 e. The van der Waals surface area contributed by atoms with Gasteiger partial charge in [-0.3, -0.25) is 9.59 Å². The van der Waals surface area contributed by atoms with Gasteiger partial charge in [-0.2, -0.15) is 0 Å². The normalized spacial score (nSPS) is 13.2. The van der Waals surface area contributed by atoms with Gasteiger partial charge in [0.2, 0.25) is 11.8 Å². The summed E-state index contributed by atoms with van der Waals surface area (Å²) in [6.45, 7) is 2.64. The van der Waals surface area contributed by atoms with E-state index in [0.717, 1.165) is 17.7 Å². The first-order valence-electron chi connectivity index (χ1n) is 9.66. The van der Waals surface area contributed by atoms with Crippen LogP contribution in [0.3, 0.4) is 0 Å². The zero-order chi connectivity index (χ0) is 20.2. The SMILES string of the molecule is CCCNC(=O)C=C[C@H](CCc1ccccc1)NC(=O)[C@@H](N)Cc1cccs1. The van der Waals surface area contributed by atoms with E-state index in [0.29, 0.717) is 19.4 Å². The second-order valence-corrected chi connectivity index (χ2v) is 7.71. The zero-order valence-electron chi connectivity index (χ0n) is 16.3. The molecule has 2 amide bonds. The Labute approximate surface area is 171 Å². The Morgan fingerprint density at radius 1 is 1.18 bits per heavy atom. The lowest BCUT2D eigenvalue weighted by Gasteiger charge is -2.18. The molecule has 2 atom stereocenters. The number of nitrogens with two attached hydrogens (primary N) is 1. The Morgan fingerprint density at radius 2 is 1.96 bits per heavy atom. The number of thiophene rings is 1. The molecule has 0 spiro atoms. The van der Waals surface area contributed by atoms with Gasteiger partial charge in [0.1, 0.15) is 0 Å². The third kappa shape index (κ3) is 8.06. The average Bonchev–Trinajstić information content (AvgIpc) is 3.22. The van der Waals surface area contributed by atoms with Crippen molar-refractivity contribution in [1.29, 1.82) is 0 Å². The maximum absolute atomic E-state index is 12.5. The molecule has 150 valence electrons. The van der Waals surface area contributed by atoms with E-state index in [2.05, 4.69) is 22.8 Å². The number of benzene rings is 1. The molecule has 1 aromatic carbocycles. The number of rotatable bonds is 11. The number of amides is 2. The monoisotopic (exact) mass is 399 g/mol. The molecule has 6 heteroatoms.